The van der Waals surface area contributed by atoms with E-state index < -0.39 is 0 Å². The van der Waals surface area contributed by atoms with Crippen molar-refractivity contribution < 1.29 is 9.59 Å². The first-order valence-corrected chi connectivity index (χ1v) is 13.1. The van der Waals surface area contributed by atoms with Crippen LogP contribution in [0.2, 0.25) is 5.02 Å². The van der Waals surface area contributed by atoms with Gasteiger partial charge in [0.2, 0.25) is 11.8 Å². The number of nitrogens with two attached hydrogens (primary N) is 1. The molecule has 5 nitrogen and oxygen atoms in total. The Morgan fingerprint density at radius 3 is 2.65 bits per heavy atom. The van der Waals surface area contributed by atoms with Gasteiger partial charge in [-0.3, -0.25) is 14.5 Å². The molecule has 3 atom stereocenters. The van der Waals surface area contributed by atoms with E-state index in [1.165, 1.54) is 19.3 Å². The number of rotatable bonds is 7. The van der Waals surface area contributed by atoms with E-state index in [1.54, 1.807) is 11.8 Å². The molecule has 1 aliphatic heterocycles. The number of hydrogen-bond acceptors (Lipinski definition) is 4. The average molecular weight is 464 g/mol. The van der Waals surface area contributed by atoms with Crippen LogP contribution in [0, 0.1) is 17.8 Å². The van der Waals surface area contributed by atoms with Gasteiger partial charge in [0, 0.05) is 42.9 Å². The molecule has 1 aromatic rings. The summed E-state index contributed by atoms with van der Waals surface area (Å²) in [6, 6.07) is 8.26. The topological polar surface area (TPSA) is 75.4 Å². The fraction of sp³-hybridized carbons (Fsp3) is 0.667. The maximum Gasteiger partial charge on any atom is 0.234 e. The number of benzene rings is 1. The predicted octanol–water partition coefficient (Wildman–Crippen LogP) is 3.83. The number of hydrogen-bond donors (Lipinski definition) is 2. The number of nitrogens with zero attached hydrogens (tertiary/aromatic N) is 1. The normalized spacial score (nSPS) is 31.2. The second kappa shape index (κ2) is 10.6. The minimum atomic E-state index is -0.198. The number of fused-ring (bicyclic) bond motifs is 2. The molecule has 3 fully saturated rings. The maximum absolute atomic E-state index is 13.2. The number of carbonyl (C=O) groups is 2. The lowest BCUT2D eigenvalue weighted by atomic mass is 9.64. The standard InChI is InChI=1S/C24H34ClN3O2S/c25-20-7-2-1-4-19(20)14-28-10-11-31-21(15-28)24(30)27-23-17-5-3-6-18(23)13-16(12-17)8-9-22(26)29/h1-2,4,7,16-18,21,23H,3,5-6,8-15H2,(H2,26,29)(H,27,30). The van der Waals surface area contributed by atoms with E-state index in [9.17, 15) is 9.59 Å². The highest BCUT2D eigenvalue weighted by molar-refractivity contribution is 8.00. The van der Waals surface area contributed by atoms with Crippen LogP contribution in [0.5, 0.6) is 0 Å². The maximum atomic E-state index is 13.2. The highest BCUT2D eigenvalue weighted by atomic mass is 35.5. The van der Waals surface area contributed by atoms with Crippen LogP contribution in [0.1, 0.15) is 50.5 Å². The fourth-order valence-corrected chi connectivity index (χ4v) is 7.19. The van der Waals surface area contributed by atoms with E-state index >= 15 is 0 Å². The third kappa shape index (κ3) is 5.96. The minimum Gasteiger partial charge on any atom is -0.370 e. The van der Waals surface area contributed by atoms with Crippen molar-refractivity contribution >= 4 is 35.2 Å². The van der Waals surface area contributed by atoms with Crippen LogP contribution in [0.3, 0.4) is 0 Å². The van der Waals surface area contributed by atoms with Crippen molar-refractivity contribution in [2.75, 3.05) is 18.8 Å². The zero-order valence-electron chi connectivity index (χ0n) is 18.1. The Morgan fingerprint density at radius 1 is 1.19 bits per heavy atom. The summed E-state index contributed by atoms with van der Waals surface area (Å²) in [7, 11) is 0. The van der Waals surface area contributed by atoms with Gasteiger partial charge in [0.1, 0.15) is 0 Å². The van der Waals surface area contributed by atoms with Crippen LogP contribution in [-0.2, 0) is 16.1 Å². The number of nitrogens with one attached hydrogen (secondary N) is 1. The zero-order chi connectivity index (χ0) is 21.8. The Labute approximate surface area is 194 Å². The first-order chi connectivity index (χ1) is 15.0. The van der Waals surface area contributed by atoms with Crippen LogP contribution >= 0.6 is 23.4 Å². The quantitative estimate of drug-likeness (QED) is 0.644. The SMILES string of the molecule is NC(=O)CCC1CC2CCCC(C1)C2NC(=O)C1CN(Cc2ccccc2Cl)CCS1. The fourth-order valence-electron chi connectivity index (χ4n) is 5.81. The van der Waals surface area contributed by atoms with Gasteiger partial charge in [-0.15, -0.1) is 11.8 Å². The van der Waals surface area contributed by atoms with Crippen molar-refractivity contribution in [2.24, 2.45) is 23.5 Å². The van der Waals surface area contributed by atoms with Crippen molar-refractivity contribution in [3.8, 4) is 0 Å². The van der Waals surface area contributed by atoms with Crippen molar-refractivity contribution in [3.05, 3.63) is 34.9 Å². The molecule has 2 amide bonds. The highest BCUT2D eigenvalue weighted by Crippen LogP contribution is 2.44. The number of halogens is 1. The summed E-state index contributed by atoms with van der Waals surface area (Å²) < 4.78 is 0. The molecule has 1 heterocycles. The van der Waals surface area contributed by atoms with Crippen LogP contribution in [0.15, 0.2) is 24.3 Å². The molecule has 3 N–H and O–H groups in total. The van der Waals surface area contributed by atoms with Gasteiger partial charge in [-0.2, -0.15) is 0 Å². The van der Waals surface area contributed by atoms with Gasteiger partial charge in [0.05, 0.1) is 5.25 Å². The molecule has 2 bridgehead atoms. The van der Waals surface area contributed by atoms with Gasteiger partial charge in [-0.05, 0) is 61.5 Å². The Bertz CT molecular complexity index is 778. The van der Waals surface area contributed by atoms with Crippen LogP contribution < -0.4 is 11.1 Å². The van der Waals surface area contributed by atoms with E-state index in [4.69, 9.17) is 17.3 Å². The highest BCUT2D eigenvalue weighted by Gasteiger charge is 2.41. The lowest BCUT2D eigenvalue weighted by Crippen LogP contribution is -2.55. The molecule has 1 aromatic carbocycles. The number of primary amides is 1. The average Bonchev–Trinajstić information content (AvgIpc) is 2.74. The molecule has 0 radical (unpaired) electrons. The van der Waals surface area contributed by atoms with Crippen molar-refractivity contribution in [3.63, 3.8) is 0 Å². The third-order valence-corrected chi connectivity index (χ3v) is 8.89. The molecule has 31 heavy (non-hydrogen) atoms. The van der Waals surface area contributed by atoms with E-state index in [2.05, 4.69) is 16.3 Å². The number of carbonyl (C=O) groups excluding carboxylic acids is 2. The van der Waals surface area contributed by atoms with Crippen LogP contribution in [0.25, 0.3) is 0 Å². The third-order valence-electron chi connectivity index (χ3n) is 7.34. The molecule has 0 aromatic heterocycles. The zero-order valence-corrected chi connectivity index (χ0v) is 19.7. The number of amides is 2. The predicted molar refractivity (Wildman–Crippen MR) is 127 cm³/mol. The van der Waals surface area contributed by atoms with Crippen LogP contribution in [0.4, 0.5) is 0 Å². The van der Waals surface area contributed by atoms with Gasteiger partial charge in [-0.25, -0.2) is 0 Å². The summed E-state index contributed by atoms with van der Waals surface area (Å²) in [5.41, 5.74) is 6.48. The first kappa shape index (κ1) is 22.9. The molecular weight excluding hydrogens is 430 g/mol. The Morgan fingerprint density at radius 2 is 1.94 bits per heavy atom. The minimum absolute atomic E-state index is 0.0236. The Kier molecular flexibility index (Phi) is 7.83. The Balaban J connectivity index is 1.32. The molecule has 1 saturated heterocycles. The largest absolute Gasteiger partial charge is 0.370 e. The van der Waals surface area contributed by atoms with E-state index in [-0.39, 0.29) is 17.1 Å². The summed E-state index contributed by atoms with van der Waals surface area (Å²) in [4.78, 5) is 26.7. The van der Waals surface area contributed by atoms with E-state index in [0.717, 1.165) is 55.2 Å². The molecule has 3 aliphatic rings. The smallest absolute Gasteiger partial charge is 0.234 e. The van der Waals surface area contributed by atoms with Gasteiger partial charge in [0.25, 0.3) is 0 Å². The van der Waals surface area contributed by atoms with Crippen molar-refractivity contribution in [2.45, 2.75) is 62.8 Å². The number of thioether (sulfide) groups is 1. The van der Waals surface area contributed by atoms with E-state index in [1.807, 2.05) is 18.2 Å². The molecule has 2 aliphatic carbocycles. The molecule has 0 spiro atoms. The second-order valence-corrected chi connectivity index (χ2v) is 11.2. The monoisotopic (exact) mass is 463 g/mol. The van der Waals surface area contributed by atoms with Crippen molar-refractivity contribution in [1.82, 2.24) is 10.2 Å². The van der Waals surface area contributed by atoms with Crippen LogP contribution in [-0.4, -0.2) is 46.8 Å². The van der Waals surface area contributed by atoms with Crippen molar-refractivity contribution in [1.29, 1.82) is 0 Å². The van der Waals surface area contributed by atoms with Gasteiger partial charge in [-0.1, -0.05) is 36.2 Å². The van der Waals surface area contributed by atoms with Gasteiger partial charge >= 0.3 is 0 Å². The lowest BCUT2D eigenvalue weighted by Gasteiger charge is -2.46. The molecular formula is C24H34ClN3O2S. The summed E-state index contributed by atoms with van der Waals surface area (Å²) >= 11 is 8.12. The molecule has 170 valence electrons. The molecule has 4 rings (SSSR count). The molecule has 2 saturated carbocycles. The second-order valence-electron chi connectivity index (χ2n) is 9.51. The summed E-state index contributed by atoms with van der Waals surface area (Å²) in [6.07, 6.45) is 7.25. The molecule has 7 heteroatoms. The summed E-state index contributed by atoms with van der Waals surface area (Å²) in [5, 5.41) is 4.24. The summed E-state index contributed by atoms with van der Waals surface area (Å²) in [5.74, 6) is 2.63. The summed E-state index contributed by atoms with van der Waals surface area (Å²) in [6.45, 7) is 2.54. The first-order valence-electron chi connectivity index (χ1n) is 11.7. The van der Waals surface area contributed by atoms with E-state index in [0.29, 0.717) is 30.2 Å². The van der Waals surface area contributed by atoms with Gasteiger partial charge in [0.15, 0.2) is 0 Å². The van der Waals surface area contributed by atoms with Gasteiger partial charge < -0.3 is 11.1 Å². The molecule has 3 unspecified atom stereocenters. The lowest BCUT2D eigenvalue weighted by molar-refractivity contribution is -0.123. The Hall–Kier alpha value is -1.24.